The van der Waals surface area contributed by atoms with Gasteiger partial charge in [0.15, 0.2) is 18.6 Å². The summed E-state index contributed by atoms with van der Waals surface area (Å²) in [6.07, 6.45) is -9.16. The molecule has 0 radical (unpaired) electrons. The zero-order valence-corrected chi connectivity index (χ0v) is 60.1. The number of Topliss-reactive ketones (excluding diaryl/α,β-unsaturated/α-hetero) is 1. The number of ketones is 1. The highest BCUT2D eigenvalue weighted by molar-refractivity contribution is 7.14. The van der Waals surface area contributed by atoms with Crippen LogP contribution in [0.1, 0.15) is 125 Å². The summed E-state index contributed by atoms with van der Waals surface area (Å²) in [5.74, 6) is -7.96. The molecule has 6 amide bonds. The van der Waals surface area contributed by atoms with E-state index in [0.29, 0.717) is 10.3 Å². The summed E-state index contributed by atoms with van der Waals surface area (Å²) in [7, 11) is 6.53. The van der Waals surface area contributed by atoms with Crippen LogP contribution < -0.4 is 32.3 Å². The third-order valence-electron chi connectivity index (χ3n) is 17.4. The third kappa shape index (κ3) is 15.1. The van der Waals surface area contributed by atoms with E-state index >= 15 is 19.2 Å². The Kier molecular flexibility index (Phi) is 21.6. The number of likely N-dealkylation sites (N-methyl/N-ethyl adjacent to an activating group) is 2. The summed E-state index contributed by atoms with van der Waals surface area (Å²) in [6.45, 7) is 3.81. The molecule has 8 aromatic rings. The minimum Gasteiger partial charge on any atom is -0.506 e. The van der Waals surface area contributed by atoms with Gasteiger partial charge in [0, 0.05) is 62.5 Å². The van der Waals surface area contributed by atoms with Crippen LogP contribution in [-0.4, -0.2) is 226 Å². The van der Waals surface area contributed by atoms with Gasteiger partial charge in [0.25, 0.3) is 23.6 Å². The lowest BCUT2D eigenvalue weighted by atomic mass is 9.89. The molecule has 103 heavy (non-hydrogen) atoms. The van der Waals surface area contributed by atoms with Crippen molar-refractivity contribution >= 4 is 120 Å². The largest absolute Gasteiger partial charge is 0.506 e. The number of hydrogen-bond donors (Lipinski definition) is 11. The van der Waals surface area contributed by atoms with Crippen molar-refractivity contribution in [1.29, 1.82) is 0 Å². The highest BCUT2D eigenvalue weighted by atomic mass is 32.1. The van der Waals surface area contributed by atoms with Crippen LogP contribution in [0.2, 0.25) is 0 Å². The number of ether oxygens (including phenoxy) is 6. The molecule has 34 nitrogen and oxygen atoms in total. The Bertz CT molecular complexity index is 4670. The summed E-state index contributed by atoms with van der Waals surface area (Å²) in [4.78, 5) is 147. The summed E-state index contributed by atoms with van der Waals surface area (Å²) >= 11 is 4.38. The van der Waals surface area contributed by atoms with Gasteiger partial charge < -0.3 is 96.2 Å². The predicted octanol–water partition coefficient (Wildman–Crippen LogP) is 2.67. The minimum atomic E-state index is -1.98. The maximum atomic E-state index is 15.2. The van der Waals surface area contributed by atoms with Crippen molar-refractivity contribution in [2.45, 2.75) is 114 Å². The van der Waals surface area contributed by atoms with Gasteiger partial charge in [0.2, 0.25) is 17.6 Å². The van der Waals surface area contributed by atoms with E-state index in [9.17, 15) is 44.8 Å². The van der Waals surface area contributed by atoms with E-state index in [-0.39, 0.29) is 136 Å². The molecule has 11 heterocycles. The number of rotatable bonds is 13. The second-order valence-corrected chi connectivity index (χ2v) is 29.3. The lowest BCUT2D eigenvalue weighted by molar-refractivity contribution is -0.308. The Balaban J connectivity index is 1.03. The van der Waals surface area contributed by atoms with E-state index in [1.807, 2.05) is 19.0 Å². The Morgan fingerprint density at radius 2 is 1.51 bits per heavy atom. The van der Waals surface area contributed by atoms with E-state index in [0.717, 1.165) is 56.7 Å². The van der Waals surface area contributed by atoms with Gasteiger partial charge in [-0.15, -0.1) is 56.7 Å². The highest BCUT2D eigenvalue weighted by Crippen LogP contribution is 2.43. The van der Waals surface area contributed by atoms with Crippen LogP contribution in [0.3, 0.4) is 0 Å². The van der Waals surface area contributed by atoms with Crippen LogP contribution >= 0.6 is 56.7 Å². The fraction of sp³-hybridized carbons (Fsp3) is 0.406. The number of amides is 6. The number of allylic oxidation sites excluding steroid dienone is 1. The van der Waals surface area contributed by atoms with Crippen molar-refractivity contribution in [2.24, 2.45) is 5.73 Å². The number of nitrogens with two attached hydrogens (primary N) is 1. The molecule has 0 aliphatic carbocycles. The first-order valence-electron chi connectivity index (χ1n) is 31.7. The molecule has 0 saturated carbocycles. The lowest BCUT2D eigenvalue weighted by Gasteiger charge is -2.47. The Hall–Kier alpha value is -9.20. The normalized spacial score (nSPS) is 23.9. The van der Waals surface area contributed by atoms with Crippen molar-refractivity contribution < 1.29 is 92.4 Å². The molecule has 1 fully saturated rings. The average molecular weight is 1510 g/mol. The lowest BCUT2D eigenvalue weighted by Crippen LogP contribution is -2.60. The van der Waals surface area contributed by atoms with Gasteiger partial charge in [-0.3, -0.25) is 33.6 Å². The number of cyclic esters (lactones) is 1. The molecule has 39 heteroatoms. The molecule has 11 unspecified atom stereocenters. The van der Waals surface area contributed by atoms with Crippen LogP contribution in [0.15, 0.2) is 56.9 Å². The number of nitrogens with one attached hydrogen (secondary N) is 5. The van der Waals surface area contributed by atoms with Gasteiger partial charge in [0.05, 0.1) is 38.0 Å². The predicted molar refractivity (Wildman–Crippen MR) is 369 cm³/mol. The first-order chi connectivity index (χ1) is 49.1. The van der Waals surface area contributed by atoms with Crippen LogP contribution in [0.25, 0.3) is 49.3 Å². The molecule has 0 spiro atoms. The molecule has 4 aliphatic heterocycles. The average Bonchev–Trinajstić information content (AvgIpc) is 1.64. The number of nitrogens with zero attached hydrogens (tertiary/aromatic N) is 9. The monoisotopic (exact) mass is 1510 g/mol. The number of aromatic nitrogens is 7. The Morgan fingerprint density at radius 3 is 2.23 bits per heavy atom. The number of thiazole rings is 5. The summed E-state index contributed by atoms with van der Waals surface area (Å²) in [5.41, 5.74) is 2.45. The summed E-state index contributed by atoms with van der Waals surface area (Å²) < 4.78 is 38.6. The SMILES string of the molecule is CO/C(C)=C1\NC(=O)C(C(C)O)NC(=O)c2csc(n2)-c2cc(O)c(-c3nc(C(=O)NC(CN(C)CCO)C(N)=O)cs3)nc2-c2csc(n2)C2NC(=O)c3csc(n3)C(NC(=O)c3csc1n3)C1OCc3c(n(O)c4cccc(c34)COC(=O)C1OC1OC(C)C(N(C)C)CC1(C)O)C(=O)CO2. The Labute approximate surface area is 604 Å². The number of methoxy groups -OCH3 is 1. The van der Waals surface area contributed by atoms with Gasteiger partial charge in [0.1, 0.15) is 131 Å². The first-order valence-corrected chi connectivity index (χ1v) is 36.1. The van der Waals surface area contributed by atoms with E-state index in [1.54, 1.807) is 31.0 Å². The van der Waals surface area contributed by atoms with Gasteiger partial charge in [-0.2, -0.15) is 4.73 Å². The molecule has 12 rings (SSSR count). The van der Waals surface area contributed by atoms with Crippen LogP contribution in [0.5, 0.6) is 5.75 Å². The van der Waals surface area contributed by atoms with Gasteiger partial charge in [-0.1, -0.05) is 12.1 Å². The Morgan fingerprint density at radius 1 is 0.845 bits per heavy atom. The molecule has 544 valence electrons. The molecule has 7 aromatic heterocycles. The van der Waals surface area contributed by atoms with E-state index in [4.69, 9.17) is 49.1 Å². The zero-order chi connectivity index (χ0) is 73.6. The van der Waals surface area contributed by atoms with E-state index < -0.39 is 133 Å². The molecule has 12 bridgehead atoms. The topological polar surface area (TPSA) is 468 Å². The number of carbonyl (C=O) groups excluding carboxylic acids is 8. The number of hydrogen-bond acceptors (Lipinski definition) is 32. The van der Waals surface area contributed by atoms with Gasteiger partial charge >= 0.3 is 5.97 Å². The number of aliphatic hydroxyl groups excluding tert-OH is 2. The molecule has 11 atom stereocenters. The second-order valence-electron chi connectivity index (χ2n) is 24.9. The number of aromatic hydroxyl groups is 1. The highest BCUT2D eigenvalue weighted by Gasteiger charge is 2.51. The number of carbonyl (C=O) groups is 8. The number of aliphatic hydroxyl groups is 3. The molecule has 12 N–H and O–H groups in total. The molecular weight excluding hydrogens is 1440 g/mol. The van der Waals surface area contributed by atoms with Crippen molar-refractivity contribution in [2.75, 3.05) is 54.6 Å². The third-order valence-corrected chi connectivity index (χ3v) is 21.8. The number of benzene rings is 1. The fourth-order valence-corrected chi connectivity index (χ4v) is 16.1. The second kappa shape index (κ2) is 30.2. The summed E-state index contributed by atoms with van der Waals surface area (Å²) in [6, 6.07) is 0.983. The molecule has 1 saturated heterocycles. The van der Waals surface area contributed by atoms with Crippen molar-refractivity contribution in [3.63, 3.8) is 0 Å². The maximum absolute atomic E-state index is 15.2. The van der Waals surface area contributed by atoms with Crippen molar-refractivity contribution in [1.82, 2.24) is 71.0 Å². The maximum Gasteiger partial charge on any atom is 0.338 e. The number of fused-ring (bicyclic) bond motifs is 15. The number of pyridine rings is 1. The molecule has 1 aromatic carbocycles. The minimum absolute atomic E-state index is 0.00637. The van der Waals surface area contributed by atoms with Crippen LogP contribution in [0, 0.1) is 0 Å². The van der Waals surface area contributed by atoms with Gasteiger partial charge in [-0.05, 0) is 73.0 Å². The van der Waals surface area contributed by atoms with E-state index in [1.165, 1.54) is 66.9 Å². The number of esters is 1. The number of primary amides is 1. The molecular formula is C64H69N15O19S5. The smallest absolute Gasteiger partial charge is 0.338 e. The summed E-state index contributed by atoms with van der Waals surface area (Å²) in [5, 5.41) is 77.3. The van der Waals surface area contributed by atoms with Crippen molar-refractivity contribution in [3.8, 4) is 38.4 Å². The van der Waals surface area contributed by atoms with Crippen LogP contribution in [0.4, 0.5) is 0 Å². The van der Waals surface area contributed by atoms with Gasteiger partial charge in [-0.25, -0.2) is 34.7 Å². The fourth-order valence-electron chi connectivity index (χ4n) is 12.0. The van der Waals surface area contributed by atoms with Crippen LogP contribution in [-0.2, 0) is 56.0 Å². The standard InChI is InChI=1S/C64H69N15O19S5/c1-25(81)42-55(89)74-43(27(3)93-8)58-69-35(23-100-58)53(87)75-46-48-49(98-63-64(4,91)15-38(77(5)6)26(2)97-63)62(90)96-17-28-10-9-11-37-41(28)30(18-94-48)47(79(37)92)40(83)19-95-56(76-54(88)36-24-102-60(46)71-36)61-67-32(20-103-61)44-29(57-68-34(21-99-57)52(86)73-42)14-39(82)45(72-44)59-70-33(22-101-59)51(85)66-31(50(65)84)16-78(7)12-13-80/h9-11,14,20-26,31,38,42,46,48-49,56,63,80-82,91-92H,12-13,15-19H2,1-8H3,(H2,65,84)(H,66,85)(H,73,86)(H,74,89)(H,75,87)(H,76,88)/b43-27-. The van der Waals surface area contributed by atoms with E-state index in [2.05, 4.69) is 41.5 Å². The van der Waals surface area contributed by atoms with Crippen molar-refractivity contribution in [3.05, 3.63) is 112 Å². The molecule has 4 aliphatic rings. The zero-order valence-electron chi connectivity index (χ0n) is 56.0. The first kappa shape index (κ1) is 73.5. The quantitative estimate of drug-likeness (QED) is 0.0449.